The Kier molecular flexibility index (Phi) is 5.35. The second kappa shape index (κ2) is 7.02. The Morgan fingerprint density at radius 3 is 2.95 bits per heavy atom. The topological polar surface area (TPSA) is 33.6 Å². The summed E-state index contributed by atoms with van der Waals surface area (Å²) in [5.41, 5.74) is 1.04. The van der Waals surface area contributed by atoms with Crippen molar-refractivity contribution in [1.29, 1.82) is 0 Å². The highest BCUT2D eigenvalue weighted by molar-refractivity contribution is 8.14. The fraction of sp³-hybridized carbons (Fsp3) is 0.562. The molecule has 1 aromatic rings. The van der Waals surface area contributed by atoms with Crippen LogP contribution in [0.15, 0.2) is 29.3 Å². The highest BCUT2D eigenvalue weighted by atomic mass is 32.2. The van der Waals surface area contributed by atoms with Gasteiger partial charge in [0.15, 0.2) is 5.17 Å². The summed E-state index contributed by atoms with van der Waals surface area (Å²) >= 11 is 1.79. The van der Waals surface area contributed by atoms with Gasteiger partial charge in [-0.3, -0.25) is 4.99 Å². The SMILES string of the molecule is CCC(C)Oc1cccc(NC2=NC(C)C(C)CS2)c1. The molecule has 3 unspecified atom stereocenters. The first kappa shape index (κ1) is 15.2. The van der Waals surface area contributed by atoms with Gasteiger partial charge in [-0.25, -0.2) is 0 Å². The van der Waals surface area contributed by atoms with Crippen molar-refractivity contribution in [3.05, 3.63) is 24.3 Å². The van der Waals surface area contributed by atoms with E-state index < -0.39 is 0 Å². The highest BCUT2D eigenvalue weighted by Gasteiger charge is 2.19. The molecule has 20 heavy (non-hydrogen) atoms. The largest absolute Gasteiger partial charge is 0.491 e. The van der Waals surface area contributed by atoms with Crippen molar-refractivity contribution in [1.82, 2.24) is 0 Å². The Labute approximate surface area is 126 Å². The van der Waals surface area contributed by atoms with Crippen molar-refractivity contribution < 1.29 is 4.74 Å². The lowest BCUT2D eigenvalue weighted by atomic mass is 10.1. The minimum absolute atomic E-state index is 0.243. The zero-order chi connectivity index (χ0) is 14.5. The van der Waals surface area contributed by atoms with Crippen LogP contribution >= 0.6 is 11.8 Å². The van der Waals surface area contributed by atoms with E-state index in [1.54, 1.807) is 11.8 Å². The minimum Gasteiger partial charge on any atom is -0.491 e. The molecule has 0 aromatic heterocycles. The molecule has 110 valence electrons. The fourth-order valence-electron chi connectivity index (χ4n) is 1.85. The van der Waals surface area contributed by atoms with Crippen LogP contribution in [-0.4, -0.2) is 23.1 Å². The van der Waals surface area contributed by atoms with Gasteiger partial charge in [0.1, 0.15) is 5.75 Å². The molecule has 4 heteroatoms. The van der Waals surface area contributed by atoms with E-state index in [4.69, 9.17) is 9.73 Å². The van der Waals surface area contributed by atoms with Gasteiger partial charge in [0, 0.05) is 17.5 Å². The third-order valence-corrected chi connectivity index (χ3v) is 4.80. The van der Waals surface area contributed by atoms with Crippen LogP contribution in [0.4, 0.5) is 5.69 Å². The predicted molar refractivity (Wildman–Crippen MR) is 89.0 cm³/mol. The minimum atomic E-state index is 0.243. The van der Waals surface area contributed by atoms with Crippen LogP contribution < -0.4 is 10.1 Å². The number of amidine groups is 1. The lowest BCUT2D eigenvalue weighted by Gasteiger charge is -2.23. The number of benzene rings is 1. The van der Waals surface area contributed by atoms with Gasteiger partial charge >= 0.3 is 0 Å². The van der Waals surface area contributed by atoms with E-state index in [0.29, 0.717) is 12.0 Å². The van der Waals surface area contributed by atoms with E-state index in [1.807, 2.05) is 18.2 Å². The normalized spacial score (nSPS) is 23.9. The van der Waals surface area contributed by atoms with Crippen molar-refractivity contribution in [2.24, 2.45) is 10.9 Å². The van der Waals surface area contributed by atoms with Gasteiger partial charge in [0.05, 0.1) is 12.1 Å². The number of anilines is 1. The van der Waals surface area contributed by atoms with E-state index in [2.05, 4.69) is 39.1 Å². The standard InChI is InChI=1S/C16H24N2OS/c1-5-12(3)19-15-8-6-7-14(9-15)18-16-17-13(4)11(2)10-20-16/h6-9,11-13H,5,10H2,1-4H3,(H,17,18). The first-order valence-electron chi connectivity index (χ1n) is 7.32. The summed E-state index contributed by atoms with van der Waals surface area (Å²) in [5.74, 6) is 2.67. The molecule has 0 aliphatic carbocycles. The number of hydrogen-bond donors (Lipinski definition) is 1. The molecule has 1 aliphatic rings. The lowest BCUT2D eigenvalue weighted by molar-refractivity contribution is 0.217. The van der Waals surface area contributed by atoms with Gasteiger partial charge in [0.2, 0.25) is 0 Å². The Morgan fingerprint density at radius 1 is 1.45 bits per heavy atom. The van der Waals surface area contributed by atoms with E-state index in [9.17, 15) is 0 Å². The Morgan fingerprint density at radius 2 is 2.25 bits per heavy atom. The maximum Gasteiger partial charge on any atom is 0.161 e. The number of rotatable bonds is 4. The molecule has 0 bridgehead atoms. The molecule has 0 radical (unpaired) electrons. The van der Waals surface area contributed by atoms with E-state index in [0.717, 1.165) is 28.8 Å². The summed E-state index contributed by atoms with van der Waals surface area (Å²) in [6.07, 6.45) is 1.25. The van der Waals surface area contributed by atoms with Crippen molar-refractivity contribution in [2.75, 3.05) is 11.1 Å². The Hall–Kier alpha value is -1.16. The summed E-state index contributed by atoms with van der Waals surface area (Å²) < 4.78 is 5.84. The molecule has 3 atom stereocenters. The predicted octanol–water partition coefficient (Wildman–Crippen LogP) is 4.40. The summed E-state index contributed by atoms with van der Waals surface area (Å²) in [7, 11) is 0. The molecule has 1 aromatic carbocycles. The van der Waals surface area contributed by atoms with Crippen molar-refractivity contribution in [3.63, 3.8) is 0 Å². The summed E-state index contributed by atoms with van der Waals surface area (Å²) in [6.45, 7) is 8.64. The first-order valence-corrected chi connectivity index (χ1v) is 8.31. The monoisotopic (exact) mass is 292 g/mol. The number of ether oxygens (including phenoxy) is 1. The van der Waals surface area contributed by atoms with Crippen LogP contribution in [0.3, 0.4) is 0 Å². The Balaban J connectivity index is 2.03. The zero-order valence-corrected chi connectivity index (χ0v) is 13.5. The summed E-state index contributed by atoms with van der Waals surface area (Å²) in [5, 5.41) is 4.41. The number of thioether (sulfide) groups is 1. The van der Waals surface area contributed by atoms with Crippen LogP contribution in [0.25, 0.3) is 0 Å². The van der Waals surface area contributed by atoms with Gasteiger partial charge in [-0.05, 0) is 38.3 Å². The van der Waals surface area contributed by atoms with Crippen molar-refractivity contribution >= 4 is 22.6 Å². The second-order valence-electron chi connectivity index (χ2n) is 5.45. The van der Waals surface area contributed by atoms with Gasteiger partial charge in [0.25, 0.3) is 0 Å². The van der Waals surface area contributed by atoms with Crippen LogP contribution in [0.5, 0.6) is 5.75 Å². The van der Waals surface area contributed by atoms with Crippen molar-refractivity contribution in [3.8, 4) is 5.75 Å². The molecule has 0 spiro atoms. The summed E-state index contributed by atoms with van der Waals surface area (Å²) in [6, 6.07) is 8.49. The smallest absolute Gasteiger partial charge is 0.161 e. The molecule has 1 N–H and O–H groups in total. The molecular weight excluding hydrogens is 268 g/mol. The van der Waals surface area contributed by atoms with Crippen LogP contribution in [0.2, 0.25) is 0 Å². The quantitative estimate of drug-likeness (QED) is 0.893. The van der Waals surface area contributed by atoms with Crippen LogP contribution in [0, 0.1) is 5.92 Å². The molecule has 1 aliphatic heterocycles. The number of aliphatic imine (C=N–C) groups is 1. The van der Waals surface area contributed by atoms with Gasteiger partial charge in [-0.2, -0.15) is 0 Å². The molecule has 3 nitrogen and oxygen atoms in total. The number of hydrogen-bond acceptors (Lipinski definition) is 4. The van der Waals surface area contributed by atoms with E-state index >= 15 is 0 Å². The maximum absolute atomic E-state index is 5.84. The molecule has 2 rings (SSSR count). The van der Waals surface area contributed by atoms with E-state index in [1.165, 1.54) is 0 Å². The fourth-order valence-corrected chi connectivity index (χ4v) is 2.98. The number of nitrogens with zero attached hydrogens (tertiary/aromatic N) is 1. The van der Waals surface area contributed by atoms with Crippen LogP contribution in [0.1, 0.15) is 34.1 Å². The van der Waals surface area contributed by atoms with Gasteiger partial charge in [-0.1, -0.05) is 31.7 Å². The van der Waals surface area contributed by atoms with Gasteiger partial charge < -0.3 is 10.1 Å². The Bertz CT molecular complexity index is 475. The first-order chi connectivity index (χ1) is 9.58. The van der Waals surface area contributed by atoms with Gasteiger partial charge in [-0.15, -0.1) is 0 Å². The molecule has 0 amide bonds. The number of nitrogens with one attached hydrogen (secondary N) is 1. The summed E-state index contributed by atoms with van der Waals surface area (Å²) in [4.78, 5) is 4.69. The highest BCUT2D eigenvalue weighted by Crippen LogP contribution is 2.25. The second-order valence-corrected chi connectivity index (χ2v) is 6.46. The maximum atomic E-state index is 5.84. The molecule has 0 saturated carbocycles. The molecular formula is C16H24N2OS. The third kappa shape index (κ3) is 4.17. The van der Waals surface area contributed by atoms with Crippen molar-refractivity contribution in [2.45, 2.75) is 46.3 Å². The third-order valence-electron chi connectivity index (χ3n) is 3.62. The average molecular weight is 292 g/mol. The average Bonchev–Trinajstić information content (AvgIpc) is 2.43. The molecule has 0 fully saturated rings. The van der Waals surface area contributed by atoms with E-state index in [-0.39, 0.29) is 6.10 Å². The zero-order valence-electron chi connectivity index (χ0n) is 12.7. The molecule has 1 heterocycles. The van der Waals surface area contributed by atoms with Crippen LogP contribution in [-0.2, 0) is 0 Å². The lowest BCUT2D eigenvalue weighted by Crippen LogP contribution is -2.25. The molecule has 0 saturated heterocycles.